The summed E-state index contributed by atoms with van der Waals surface area (Å²) < 4.78 is 80.4. The third-order valence-corrected chi connectivity index (χ3v) is 8.18. The number of anilines is 1. The fraction of sp³-hybridized carbons (Fsp3) is 0.435. The second-order valence-electron chi connectivity index (χ2n) is 8.49. The van der Waals surface area contributed by atoms with Gasteiger partial charge in [-0.05, 0) is 43.2 Å². The van der Waals surface area contributed by atoms with Crippen LogP contribution < -0.4 is 4.90 Å². The summed E-state index contributed by atoms with van der Waals surface area (Å²) in [6.07, 6.45) is -3.72. The number of sulfonamides is 1. The first-order valence-electron chi connectivity index (χ1n) is 11.0. The van der Waals surface area contributed by atoms with Gasteiger partial charge in [0, 0.05) is 39.3 Å². The molecule has 0 aliphatic carbocycles. The molecule has 0 aromatic heterocycles. The topological polar surface area (TPSA) is 60.9 Å². The number of carbonyl (C=O) groups is 1. The lowest BCUT2D eigenvalue weighted by Crippen LogP contribution is -2.53. The predicted octanol–water partition coefficient (Wildman–Crippen LogP) is 3.59. The fourth-order valence-electron chi connectivity index (χ4n) is 4.48. The Morgan fingerprint density at radius 3 is 2.32 bits per heavy atom. The van der Waals surface area contributed by atoms with Crippen LogP contribution in [-0.4, -0.2) is 62.8 Å². The van der Waals surface area contributed by atoms with E-state index in [-0.39, 0.29) is 24.8 Å². The van der Waals surface area contributed by atoms with E-state index in [9.17, 15) is 30.8 Å². The van der Waals surface area contributed by atoms with Crippen molar-refractivity contribution in [3.63, 3.8) is 0 Å². The normalized spacial score (nSPS) is 20.4. The SMILES string of the molecule is O=C(C1CCCN(S(=O)(=O)c2cccc(C(F)(F)F)c2)C1)N1CCN(c2ccccc2F)CC1. The molecule has 184 valence electrons. The number of hydrogen-bond acceptors (Lipinski definition) is 4. The highest BCUT2D eigenvalue weighted by molar-refractivity contribution is 7.89. The van der Waals surface area contributed by atoms with E-state index >= 15 is 0 Å². The zero-order chi connectivity index (χ0) is 24.5. The van der Waals surface area contributed by atoms with E-state index in [4.69, 9.17) is 0 Å². The summed E-state index contributed by atoms with van der Waals surface area (Å²) >= 11 is 0. The molecule has 11 heteroatoms. The number of para-hydroxylation sites is 1. The molecule has 0 radical (unpaired) electrons. The van der Waals surface area contributed by atoms with Crippen LogP contribution in [0.2, 0.25) is 0 Å². The molecular weight excluding hydrogens is 474 g/mol. The Labute approximate surface area is 195 Å². The molecule has 2 heterocycles. The smallest absolute Gasteiger partial charge is 0.366 e. The molecule has 2 aliphatic heterocycles. The van der Waals surface area contributed by atoms with Crippen LogP contribution in [0.1, 0.15) is 18.4 Å². The molecule has 34 heavy (non-hydrogen) atoms. The summed E-state index contributed by atoms with van der Waals surface area (Å²) in [5.74, 6) is -1.09. The van der Waals surface area contributed by atoms with Gasteiger partial charge in [-0.25, -0.2) is 12.8 Å². The molecule has 0 saturated carbocycles. The van der Waals surface area contributed by atoms with Crippen molar-refractivity contribution < 1.29 is 30.8 Å². The predicted molar refractivity (Wildman–Crippen MR) is 118 cm³/mol. The second-order valence-corrected chi connectivity index (χ2v) is 10.4. The summed E-state index contributed by atoms with van der Waals surface area (Å²) in [6, 6.07) is 10.1. The molecule has 2 saturated heterocycles. The van der Waals surface area contributed by atoms with Gasteiger partial charge in [0.1, 0.15) is 5.82 Å². The number of piperidine rings is 1. The molecular formula is C23H25F4N3O3S. The van der Waals surface area contributed by atoms with Crippen molar-refractivity contribution in [3.8, 4) is 0 Å². The van der Waals surface area contributed by atoms with Gasteiger partial charge in [0.15, 0.2) is 0 Å². The minimum Gasteiger partial charge on any atom is -0.366 e. The Kier molecular flexibility index (Phi) is 6.86. The lowest BCUT2D eigenvalue weighted by Gasteiger charge is -2.39. The van der Waals surface area contributed by atoms with Crippen LogP contribution >= 0.6 is 0 Å². The Morgan fingerprint density at radius 1 is 0.941 bits per heavy atom. The van der Waals surface area contributed by atoms with E-state index in [2.05, 4.69) is 0 Å². The molecule has 6 nitrogen and oxygen atoms in total. The standard InChI is InChI=1S/C23H25F4N3O3S/c24-20-8-1-2-9-21(20)28-11-13-29(14-12-28)22(31)17-5-4-10-30(16-17)34(32,33)19-7-3-6-18(15-19)23(25,26)27/h1-3,6-9,15,17H,4-5,10-14,16H2. The molecule has 0 N–H and O–H groups in total. The van der Waals surface area contributed by atoms with Crippen molar-refractivity contribution in [2.75, 3.05) is 44.2 Å². The maximum atomic E-state index is 14.1. The first-order chi connectivity index (χ1) is 16.1. The number of benzene rings is 2. The number of halogens is 4. The maximum absolute atomic E-state index is 14.1. The largest absolute Gasteiger partial charge is 0.416 e. The van der Waals surface area contributed by atoms with Crippen molar-refractivity contribution in [3.05, 3.63) is 59.9 Å². The van der Waals surface area contributed by atoms with Crippen molar-refractivity contribution in [1.29, 1.82) is 0 Å². The second kappa shape index (κ2) is 9.53. The van der Waals surface area contributed by atoms with Crippen LogP contribution in [0, 0.1) is 11.7 Å². The molecule has 1 amide bonds. The van der Waals surface area contributed by atoms with Crippen LogP contribution in [0.4, 0.5) is 23.2 Å². The molecule has 2 fully saturated rings. The molecule has 1 unspecified atom stereocenters. The van der Waals surface area contributed by atoms with Gasteiger partial charge in [0.25, 0.3) is 0 Å². The summed E-state index contributed by atoms with van der Waals surface area (Å²) in [6.45, 7) is 1.72. The molecule has 0 bridgehead atoms. The monoisotopic (exact) mass is 499 g/mol. The van der Waals surface area contributed by atoms with Gasteiger partial charge in [-0.15, -0.1) is 0 Å². The molecule has 2 aliphatic rings. The van der Waals surface area contributed by atoms with E-state index in [0.29, 0.717) is 50.8 Å². The summed E-state index contributed by atoms with van der Waals surface area (Å²) in [5, 5.41) is 0. The summed E-state index contributed by atoms with van der Waals surface area (Å²) in [7, 11) is -4.18. The summed E-state index contributed by atoms with van der Waals surface area (Å²) in [5.41, 5.74) is -0.559. The van der Waals surface area contributed by atoms with Crippen molar-refractivity contribution in [1.82, 2.24) is 9.21 Å². The van der Waals surface area contributed by atoms with Gasteiger partial charge >= 0.3 is 6.18 Å². The number of nitrogens with zero attached hydrogens (tertiary/aromatic N) is 3. The Bertz CT molecular complexity index is 1150. The average Bonchev–Trinajstić information content (AvgIpc) is 2.84. The number of hydrogen-bond donors (Lipinski definition) is 0. The quantitative estimate of drug-likeness (QED) is 0.604. The number of rotatable bonds is 4. The zero-order valence-corrected chi connectivity index (χ0v) is 19.2. The van der Waals surface area contributed by atoms with E-state index in [1.54, 1.807) is 23.1 Å². The zero-order valence-electron chi connectivity index (χ0n) is 18.3. The first-order valence-corrected chi connectivity index (χ1v) is 12.5. The fourth-order valence-corrected chi connectivity index (χ4v) is 6.05. The molecule has 0 spiro atoms. The van der Waals surface area contributed by atoms with Crippen molar-refractivity contribution in [2.45, 2.75) is 23.9 Å². The van der Waals surface area contributed by atoms with E-state index in [1.165, 1.54) is 6.07 Å². The lowest BCUT2D eigenvalue weighted by molar-refractivity contribution is -0.138. The Morgan fingerprint density at radius 2 is 1.65 bits per heavy atom. The van der Waals surface area contributed by atoms with Crippen LogP contribution in [0.5, 0.6) is 0 Å². The highest BCUT2D eigenvalue weighted by atomic mass is 32.2. The van der Waals surface area contributed by atoms with E-state index in [1.807, 2.05) is 4.90 Å². The number of amides is 1. The third kappa shape index (κ3) is 5.05. The van der Waals surface area contributed by atoms with Gasteiger partial charge in [-0.2, -0.15) is 17.5 Å². The maximum Gasteiger partial charge on any atom is 0.416 e. The Balaban J connectivity index is 1.42. The van der Waals surface area contributed by atoms with Crippen LogP contribution in [0.3, 0.4) is 0 Å². The van der Waals surface area contributed by atoms with Crippen LogP contribution in [0.25, 0.3) is 0 Å². The minimum absolute atomic E-state index is 0.0784. The van der Waals surface area contributed by atoms with E-state index in [0.717, 1.165) is 22.5 Å². The minimum atomic E-state index is -4.66. The number of carbonyl (C=O) groups excluding carboxylic acids is 1. The number of alkyl halides is 3. The van der Waals surface area contributed by atoms with Gasteiger partial charge in [-0.3, -0.25) is 4.79 Å². The molecule has 1 atom stereocenters. The van der Waals surface area contributed by atoms with Crippen molar-refractivity contribution >= 4 is 21.6 Å². The number of piperazine rings is 1. The Hall–Kier alpha value is -2.66. The first kappa shape index (κ1) is 24.5. The van der Waals surface area contributed by atoms with Gasteiger partial charge in [0.2, 0.25) is 15.9 Å². The lowest BCUT2D eigenvalue weighted by atomic mass is 9.97. The van der Waals surface area contributed by atoms with Gasteiger partial charge < -0.3 is 9.80 Å². The molecule has 4 rings (SSSR count). The summed E-state index contributed by atoms with van der Waals surface area (Å²) in [4.78, 5) is 16.2. The van der Waals surface area contributed by atoms with Gasteiger partial charge in [0.05, 0.1) is 22.1 Å². The van der Waals surface area contributed by atoms with Gasteiger partial charge in [-0.1, -0.05) is 18.2 Å². The van der Waals surface area contributed by atoms with Crippen LogP contribution in [0.15, 0.2) is 53.4 Å². The highest BCUT2D eigenvalue weighted by Crippen LogP contribution is 2.32. The van der Waals surface area contributed by atoms with E-state index < -0.39 is 32.6 Å². The molecule has 2 aromatic carbocycles. The third-order valence-electron chi connectivity index (χ3n) is 6.32. The average molecular weight is 500 g/mol. The van der Waals surface area contributed by atoms with Crippen LogP contribution in [-0.2, 0) is 21.0 Å². The molecule has 2 aromatic rings. The van der Waals surface area contributed by atoms with Crippen molar-refractivity contribution in [2.24, 2.45) is 5.92 Å². The highest BCUT2D eigenvalue weighted by Gasteiger charge is 2.37.